The highest BCUT2D eigenvalue weighted by Crippen LogP contribution is 2.39. The molecule has 2 atom stereocenters. The summed E-state index contributed by atoms with van der Waals surface area (Å²) in [4.78, 5) is 4.52. The maximum absolute atomic E-state index is 12.1. The van der Waals surface area contributed by atoms with Gasteiger partial charge in [0.05, 0.1) is 13.1 Å². The van der Waals surface area contributed by atoms with E-state index in [0.29, 0.717) is 30.0 Å². The van der Waals surface area contributed by atoms with Crippen LogP contribution in [0.15, 0.2) is 23.9 Å². The monoisotopic (exact) mass is 274 g/mol. The summed E-state index contributed by atoms with van der Waals surface area (Å²) in [6.45, 7) is 6.42. The Labute approximate surface area is 119 Å². The molecule has 2 N–H and O–H groups in total. The average Bonchev–Trinajstić information content (AvgIpc) is 2.45. The number of rotatable bonds is 2. The molecule has 0 aromatic carbocycles. The van der Waals surface area contributed by atoms with E-state index in [1.807, 2.05) is 24.3 Å². The number of hydroxylamine groups is 2. The molecule has 108 valence electrons. The second-order valence-corrected chi connectivity index (χ2v) is 5.97. The predicted molar refractivity (Wildman–Crippen MR) is 80.0 cm³/mol. The van der Waals surface area contributed by atoms with Crippen LogP contribution in [0.3, 0.4) is 0 Å². The summed E-state index contributed by atoms with van der Waals surface area (Å²) < 4.78 is 0. The minimum atomic E-state index is 0.327. The maximum atomic E-state index is 12.1. The normalized spacial score (nSPS) is 25.8. The first-order valence-electron chi connectivity index (χ1n) is 7.25. The number of nitrogens with zero attached hydrogens (tertiary/aromatic N) is 2. The number of nitrogens with one attached hydrogen (secondary N) is 2. The molecule has 0 radical (unpaired) electrons. The molecule has 20 heavy (non-hydrogen) atoms. The Morgan fingerprint density at radius 2 is 2.30 bits per heavy atom. The number of fused-ring (bicyclic) bond motifs is 2. The molecule has 0 saturated heterocycles. The van der Waals surface area contributed by atoms with Crippen LogP contribution >= 0.6 is 0 Å². The van der Waals surface area contributed by atoms with Gasteiger partial charge in [-0.3, -0.25) is 5.01 Å². The lowest BCUT2D eigenvalue weighted by molar-refractivity contribution is -0.848. The van der Waals surface area contributed by atoms with Crippen molar-refractivity contribution in [1.29, 1.82) is 0 Å². The first kappa shape index (κ1) is 13.5. The van der Waals surface area contributed by atoms with Crippen molar-refractivity contribution in [1.82, 2.24) is 10.4 Å². The van der Waals surface area contributed by atoms with Crippen LogP contribution < -0.4 is 15.5 Å². The minimum absolute atomic E-state index is 0.327. The highest BCUT2D eigenvalue weighted by atomic mass is 16.5. The summed E-state index contributed by atoms with van der Waals surface area (Å²) in [5.74, 6) is 1.78. The summed E-state index contributed by atoms with van der Waals surface area (Å²) >= 11 is 0. The number of hydrazine groups is 1. The van der Waals surface area contributed by atoms with Crippen molar-refractivity contribution in [3.8, 4) is 0 Å². The Balaban J connectivity index is 2.14. The van der Waals surface area contributed by atoms with Gasteiger partial charge in [0.15, 0.2) is 5.82 Å². The van der Waals surface area contributed by atoms with Crippen molar-refractivity contribution in [3.63, 3.8) is 0 Å². The van der Waals surface area contributed by atoms with Crippen molar-refractivity contribution < 1.29 is 5.06 Å². The highest BCUT2D eigenvalue weighted by Gasteiger charge is 2.36. The van der Waals surface area contributed by atoms with Gasteiger partial charge in [-0.25, -0.2) is 10.4 Å². The van der Waals surface area contributed by atoms with E-state index in [0.717, 1.165) is 12.4 Å². The third-order valence-corrected chi connectivity index (χ3v) is 4.37. The number of aromatic nitrogens is 1. The van der Waals surface area contributed by atoms with Crippen molar-refractivity contribution >= 4 is 11.4 Å². The van der Waals surface area contributed by atoms with E-state index in [-0.39, 0.29) is 0 Å². The Hall–Kier alpha value is -1.43. The maximum Gasteiger partial charge on any atom is 0.150 e. The van der Waals surface area contributed by atoms with Crippen LogP contribution in [0.4, 0.5) is 5.82 Å². The molecule has 3 heterocycles. The smallest absolute Gasteiger partial charge is 0.150 e. The van der Waals surface area contributed by atoms with Crippen LogP contribution in [0.25, 0.3) is 5.57 Å². The fraction of sp³-hybridized carbons (Fsp3) is 0.533. The first-order valence-corrected chi connectivity index (χ1v) is 7.25. The van der Waals surface area contributed by atoms with Gasteiger partial charge in [-0.2, -0.15) is 0 Å². The molecule has 0 fully saturated rings. The fourth-order valence-corrected chi connectivity index (χ4v) is 3.39. The van der Waals surface area contributed by atoms with Crippen molar-refractivity contribution in [2.45, 2.75) is 13.8 Å². The second kappa shape index (κ2) is 5.16. The molecule has 1 aromatic rings. The summed E-state index contributed by atoms with van der Waals surface area (Å²) in [6, 6.07) is 4.11. The molecular weight excluding hydrogens is 252 g/mol. The lowest BCUT2D eigenvalue weighted by atomic mass is 9.78. The molecule has 2 unspecified atom stereocenters. The molecule has 0 spiro atoms. The predicted octanol–water partition coefficient (Wildman–Crippen LogP) is 0.458. The van der Waals surface area contributed by atoms with E-state index >= 15 is 0 Å². The number of pyridine rings is 1. The van der Waals surface area contributed by atoms with Gasteiger partial charge < -0.3 is 10.3 Å². The van der Waals surface area contributed by atoms with Crippen LogP contribution in [0.2, 0.25) is 0 Å². The minimum Gasteiger partial charge on any atom is -0.634 e. The van der Waals surface area contributed by atoms with Gasteiger partial charge in [-0.1, -0.05) is 13.8 Å². The quantitative estimate of drug-likeness (QED) is 0.769. The van der Waals surface area contributed by atoms with Crippen molar-refractivity contribution in [3.05, 3.63) is 34.7 Å². The molecule has 2 aliphatic rings. The summed E-state index contributed by atoms with van der Waals surface area (Å²) in [7, 11) is 1.90. The van der Waals surface area contributed by atoms with E-state index in [1.165, 1.54) is 16.7 Å². The van der Waals surface area contributed by atoms with Crippen LogP contribution in [0.5, 0.6) is 0 Å². The SMILES string of the molecule is CNN1CC2=C(c3cccnc31)C(C(C)C)C[NH+]([O-])C2. The van der Waals surface area contributed by atoms with Gasteiger partial charge in [-0.15, -0.1) is 0 Å². The van der Waals surface area contributed by atoms with E-state index in [9.17, 15) is 5.21 Å². The molecule has 0 aliphatic carbocycles. The molecule has 0 amide bonds. The Bertz CT molecular complexity index is 540. The van der Waals surface area contributed by atoms with Crippen LogP contribution in [-0.2, 0) is 0 Å². The van der Waals surface area contributed by atoms with E-state index in [1.54, 1.807) is 0 Å². The van der Waals surface area contributed by atoms with E-state index in [2.05, 4.69) is 30.3 Å². The second-order valence-electron chi connectivity index (χ2n) is 5.97. The Kier molecular flexibility index (Phi) is 3.50. The molecule has 0 bridgehead atoms. The molecule has 2 aliphatic heterocycles. The largest absolute Gasteiger partial charge is 0.634 e. The number of hydrogen-bond donors (Lipinski definition) is 2. The van der Waals surface area contributed by atoms with Gasteiger partial charge in [0.1, 0.15) is 6.54 Å². The topological polar surface area (TPSA) is 55.7 Å². The lowest BCUT2D eigenvalue weighted by Gasteiger charge is -2.42. The number of hydrogen-bond acceptors (Lipinski definition) is 4. The molecule has 1 aromatic heterocycles. The number of quaternary nitrogens is 1. The molecule has 3 rings (SSSR count). The zero-order chi connectivity index (χ0) is 14.3. The van der Waals surface area contributed by atoms with Gasteiger partial charge >= 0.3 is 0 Å². The Morgan fingerprint density at radius 1 is 1.50 bits per heavy atom. The summed E-state index contributed by atoms with van der Waals surface area (Å²) in [6.07, 6.45) is 1.83. The molecule has 5 heteroatoms. The standard InChI is InChI=1S/C15H22N4O/c1-10(2)13-9-18(20)7-11-8-19(16-3)15-12(14(11)13)5-4-6-17-15/h4-6,10,13,16,18H,7-9H2,1-3H3. The zero-order valence-corrected chi connectivity index (χ0v) is 12.3. The van der Waals surface area contributed by atoms with Gasteiger partial charge in [0.2, 0.25) is 0 Å². The van der Waals surface area contributed by atoms with Crippen LogP contribution in [0.1, 0.15) is 19.4 Å². The first-order chi connectivity index (χ1) is 9.61. The highest BCUT2D eigenvalue weighted by molar-refractivity contribution is 5.82. The van der Waals surface area contributed by atoms with Gasteiger partial charge in [-0.05, 0) is 23.6 Å². The molecular formula is C15H22N4O. The number of anilines is 1. The van der Waals surface area contributed by atoms with Crippen LogP contribution in [0, 0.1) is 17.0 Å². The summed E-state index contributed by atoms with van der Waals surface area (Å²) in [5.41, 5.74) is 7.00. The Morgan fingerprint density at radius 3 is 3.00 bits per heavy atom. The van der Waals surface area contributed by atoms with Crippen LogP contribution in [-0.4, -0.2) is 31.7 Å². The molecule has 0 saturated carbocycles. The zero-order valence-electron chi connectivity index (χ0n) is 12.3. The van der Waals surface area contributed by atoms with Gasteiger partial charge in [0, 0.05) is 30.3 Å². The van der Waals surface area contributed by atoms with E-state index in [4.69, 9.17) is 0 Å². The van der Waals surface area contributed by atoms with E-state index < -0.39 is 0 Å². The average molecular weight is 274 g/mol. The van der Waals surface area contributed by atoms with Crippen molar-refractivity contribution in [2.75, 3.05) is 31.7 Å². The third-order valence-electron chi connectivity index (χ3n) is 4.37. The third kappa shape index (κ3) is 2.12. The fourth-order valence-electron chi connectivity index (χ4n) is 3.39. The van der Waals surface area contributed by atoms with Gasteiger partial charge in [0.25, 0.3) is 0 Å². The van der Waals surface area contributed by atoms with Crippen molar-refractivity contribution in [2.24, 2.45) is 11.8 Å². The lowest BCUT2D eigenvalue weighted by Crippen LogP contribution is -3.09. The molecule has 5 nitrogen and oxygen atoms in total. The summed E-state index contributed by atoms with van der Waals surface area (Å²) in [5, 5.41) is 14.4.